The van der Waals surface area contributed by atoms with E-state index >= 15 is 0 Å². The summed E-state index contributed by atoms with van der Waals surface area (Å²) in [5.41, 5.74) is 3.55. The Kier molecular flexibility index (Phi) is 7.16. The second-order valence-electron chi connectivity index (χ2n) is 8.47. The van der Waals surface area contributed by atoms with E-state index in [-0.39, 0.29) is 24.6 Å². The Labute approximate surface area is 208 Å². The van der Waals surface area contributed by atoms with Crippen LogP contribution in [0.3, 0.4) is 0 Å². The molecular weight excluding hydrogens is 483 g/mol. The summed E-state index contributed by atoms with van der Waals surface area (Å²) in [6.07, 6.45) is 3.82. The van der Waals surface area contributed by atoms with Gasteiger partial charge in [-0.1, -0.05) is 18.2 Å². The minimum absolute atomic E-state index is 0.114. The van der Waals surface area contributed by atoms with Crippen molar-refractivity contribution in [1.29, 1.82) is 0 Å². The molecule has 0 unspecified atom stereocenters. The van der Waals surface area contributed by atoms with E-state index in [9.17, 15) is 17.6 Å². The van der Waals surface area contributed by atoms with Crippen molar-refractivity contribution in [1.82, 2.24) is 9.97 Å². The SMILES string of the molecule is Cc1ccc(NC(=O)c2nc(S(C)(=O)=O)ncc2N(Cc2ccc(F)cc2)Cc2ccco2)cc1C. The van der Waals surface area contributed by atoms with Crippen LogP contribution < -0.4 is 10.2 Å². The van der Waals surface area contributed by atoms with Gasteiger partial charge in [-0.25, -0.2) is 22.8 Å². The molecule has 0 aliphatic rings. The van der Waals surface area contributed by atoms with E-state index in [1.807, 2.05) is 26.0 Å². The lowest BCUT2D eigenvalue weighted by atomic mass is 10.1. The Morgan fingerprint density at radius 2 is 1.81 bits per heavy atom. The zero-order valence-corrected chi connectivity index (χ0v) is 20.8. The molecule has 0 aliphatic heterocycles. The Morgan fingerprint density at radius 1 is 1.06 bits per heavy atom. The van der Waals surface area contributed by atoms with Crippen LogP contribution in [0.4, 0.5) is 15.8 Å². The van der Waals surface area contributed by atoms with Crippen LogP contribution in [0.15, 0.2) is 76.6 Å². The van der Waals surface area contributed by atoms with Gasteiger partial charge in [0.1, 0.15) is 11.6 Å². The number of hydrogen-bond acceptors (Lipinski definition) is 7. The van der Waals surface area contributed by atoms with E-state index < -0.39 is 20.9 Å². The number of halogens is 1. The minimum atomic E-state index is -3.78. The van der Waals surface area contributed by atoms with Crippen molar-refractivity contribution in [3.63, 3.8) is 0 Å². The highest BCUT2D eigenvalue weighted by molar-refractivity contribution is 7.90. The van der Waals surface area contributed by atoms with Crippen molar-refractivity contribution >= 4 is 27.1 Å². The third-order valence-electron chi connectivity index (χ3n) is 5.61. The Hall–Kier alpha value is -4.05. The summed E-state index contributed by atoms with van der Waals surface area (Å²) in [5, 5.41) is 2.34. The third-order valence-corrected chi connectivity index (χ3v) is 6.47. The van der Waals surface area contributed by atoms with Gasteiger partial charge in [0.15, 0.2) is 5.69 Å². The van der Waals surface area contributed by atoms with Gasteiger partial charge in [-0.2, -0.15) is 0 Å². The smallest absolute Gasteiger partial charge is 0.276 e. The molecule has 1 N–H and O–H groups in total. The molecule has 0 saturated carbocycles. The van der Waals surface area contributed by atoms with Gasteiger partial charge in [-0.3, -0.25) is 4.79 Å². The molecule has 0 spiro atoms. The molecule has 0 fully saturated rings. The predicted octanol–water partition coefficient (Wildman–Crippen LogP) is 4.69. The topological polar surface area (TPSA) is 105 Å². The van der Waals surface area contributed by atoms with Crippen LogP contribution in [-0.2, 0) is 22.9 Å². The molecule has 0 bridgehead atoms. The Bertz CT molecular complexity index is 1490. The van der Waals surface area contributed by atoms with Gasteiger partial charge >= 0.3 is 0 Å². The van der Waals surface area contributed by atoms with Gasteiger partial charge < -0.3 is 14.6 Å². The molecule has 186 valence electrons. The maximum Gasteiger partial charge on any atom is 0.276 e. The lowest BCUT2D eigenvalue weighted by Crippen LogP contribution is -2.27. The molecule has 0 saturated heterocycles. The number of furan rings is 1. The van der Waals surface area contributed by atoms with Gasteiger partial charge in [-0.15, -0.1) is 0 Å². The van der Waals surface area contributed by atoms with Gasteiger partial charge in [0.25, 0.3) is 5.91 Å². The first-order chi connectivity index (χ1) is 17.1. The average Bonchev–Trinajstić information content (AvgIpc) is 3.34. The number of nitrogens with one attached hydrogen (secondary N) is 1. The fourth-order valence-electron chi connectivity index (χ4n) is 3.57. The van der Waals surface area contributed by atoms with Gasteiger partial charge in [0.2, 0.25) is 15.0 Å². The minimum Gasteiger partial charge on any atom is -0.467 e. The second-order valence-corrected chi connectivity index (χ2v) is 10.4. The van der Waals surface area contributed by atoms with Crippen LogP contribution in [-0.4, -0.2) is 30.5 Å². The highest BCUT2D eigenvalue weighted by Gasteiger charge is 2.24. The normalized spacial score (nSPS) is 11.3. The Balaban J connectivity index is 1.78. The van der Waals surface area contributed by atoms with Crippen molar-refractivity contribution in [2.45, 2.75) is 32.1 Å². The van der Waals surface area contributed by atoms with Crippen LogP contribution in [0.1, 0.15) is 32.9 Å². The number of anilines is 2. The maximum atomic E-state index is 13.5. The summed E-state index contributed by atoms with van der Waals surface area (Å²) in [5.74, 6) is -0.362. The fourth-order valence-corrected chi connectivity index (χ4v) is 4.07. The summed E-state index contributed by atoms with van der Waals surface area (Å²) >= 11 is 0. The summed E-state index contributed by atoms with van der Waals surface area (Å²) in [6.45, 7) is 4.38. The molecule has 2 heterocycles. The molecule has 10 heteroatoms. The van der Waals surface area contributed by atoms with Crippen molar-refractivity contribution in [2.75, 3.05) is 16.5 Å². The number of amides is 1. The van der Waals surface area contributed by atoms with Crippen LogP contribution in [0, 0.1) is 19.7 Å². The van der Waals surface area contributed by atoms with E-state index in [1.54, 1.807) is 35.2 Å². The molecule has 4 rings (SSSR count). The molecule has 0 atom stereocenters. The predicted molar refractivity (Wildman–Crippen MR) is 134 cm³/mol. The summed E-state index contributed by atoms with van der Waals surface area (Å²) in [7, 11) is -3.78. The van der Waals surface area contributed by atoms with E-state index in [2.05, 4.69) is 15.3 Å². The van der Waals surface area contributed by atoms with Crippen LogP contribution in [0.25, 0.3) is 0 Å². The quantitative estimate of drug-likeness (QED) is 0.344. The zero-order chi connectivity index (χ0) is 25.9. The average molecular weight is 509 g/mol. The number of carbonyl (C=O) groups excluding carboxylic acids is 1. The van der Waals surface area contributed by atoms with Crippen molar-refractivity contribution in [3.05, 3.63) is 101 Å². The van der Waals surface area contributed by atoms with E-state index in [0.717, 1.165) is 22.9 Å². The first kappa shape index (κ1) is 25.1. The number of benzene rings is 2. The van der Waals surface area contributed by atoms with Gasteiger partial charge in [0.05, 0.1) is 24.7 Å². The highest BCUT2D eigenvalue weighted by Crippen LogP contribution is 2.26. The third kappa shape index (κ3) is 5.95. The first-order valence-corrected chi connectivity index (χ1v) is 13.0. The number of rotatable bonds is 8. The molecule has 2 aromatic carbocycles. The second kappa shape index (κ2) is 10.3. The summed E-state index contributed by atoms with van der Waals surface area (Å²) in [4.78, 5) is 23.4. The van der Waals surface area contributed by atoms with Crippen molar-refractivity contribution < 1.29 is 22.0 Å². The number of aryl methyl sites for hydroxylation is 2. The molecule has 0 radical (unpaired) electrons. The fraction of sp³-hybridized carbons (Fsp3) is 0.192. The van der Waals surface area contributed by atoms with Crippen LogP contribution in [0.5, 0.6) is 0 Å². The standard InChI is InChI=1S/C26H25FN4O4S/c1-17-6-11-21(13-18(17)2)29-25(32)24-23(14-28-26(30-24)36(3,33)34)31(16-22-5-4-12-35-22)15-19-7-9-20(27)10-8-19/h4-14H,15-16H2,1-3H3,(H,29,32). The van der Waals surface area contributed by atoms with Crippen LogP contribution >= 0.6 is 0 Å². The van der Waals surface area contributed by atoms with Gasteiger partial charge in [0, 0.05) is 18.5 Å². The van der Waals surface area contributed by atoms with Crippen LogP contribution in [0.2, 0.25) is 0 Å². The molecule has 36 heavy (non-hydrogen) atoms. The molecule has 2 aromatic heterocycles. The first-order valence-electron chi connectivity index (χ1n) is 11.1. The summed E-state index contributed by atoms with van der Waals surface area (Å²) in [6, 6.07) is 14.9. The number of hydrogen-bond donors (Lipinski definition) is 1. The van der Waals surface area contributed by atoms with Gasteiger partial charge in [-0.05, 0) is 66.9 Å². The van der Waals surface area contributed by atoms with E-state index in [0.29, 0.717) is 17.1 Å². The molecular formula is C26H25FN4O4S. The highest BCUT2D eigenvalue weighted by atomic mass is 32.2. The van der Waals surface area contributed by atoms with Crippen molar-refractivity contribution in [2.24, 2.45) is 0 Å². The van der Waals surface area contributed by atoms with E-state index in [1.165, 1.54) is 24.6 Å². The lowest BCUT2D eigenvalue weighted by Gasteiger charge is -2.25. The largest absolute Gasteiger partial charge is 0.467 e. The summed E-state index contributed by atoms with van der Waals surface area (Å²) < 4.78 is 43.4. The number of sulfone groups is 1. The number of nitrogens with zero attached hydrogens (tertiary/aromatic N) is 3. The van der Waals surface area contributed by atoms with E-state index in [4.69, 9.17) is 4.42 Å². The monoisotopic (exact) mass is 508 g/mol. The molecule has 0 aliphatic carbocycles. The maximum absolute atomic E-state index is 13.5. The number of aromatic nitrogens is 2. The Morgan fingerprint density at radius 3 is 2.44 bits per heavy atom. The number of carbonyl (C=O) groups is 1. The molecule has 4 aromatic rings. The molecule has 1 amide bonds. The van der Waals surface area contributed by atoms with Crippen molar-refractivity contribution in [3.8, 4) is 0 Å². The lowest BCUT2D eigenvalue weighted by molar-refractivity contribution is 0.102. The molecule has 8 nitrogen and oxygen atoms in total. The zero-order valence-electron chi connectivity index (χ0n) is 20.0.